The Labute approximate surface area is 149 Å². The van der Waals surface area contributed by atoms with Crippen molar-refractivity contribution in [2.75, 3.05) is 39.3 Å². The summed E-state index contributed by atoms with van der Waals surface area (Å²) < 4.78 is 0. The molecule has 0 spiro atoms. The molecule has 1 saturated heterocycles. The Morgan fingerprint density at radius 3 is 2.68 bits per heavy atom. The molecular weight excluding hydrogens is 312 g/mol. The summed E-state index contributed by atoms with van der Waals surface area (Å²) in [6.45, 7) is 8.09. The van der Waals surface area contributed by atoms with E-state index >= 15 is 0 Å². The van der Waals surface area contributed by atoms with E-state index in [2.05, 4.69) is 51.7 Å². The van der Waals surface area contributed by atoms with Crippen LogP contribution >= 0.6 is 0 Å². The summed E-state index contributed by atoms with van der Waals surface area (Å²) in [5, 5.41) is 6.35. The van der Waals surface area contributed by atoms with Crippen LogP contribution in [0.2, 0.25) is 0 Å². The van der Waals surface area contributed by atoms with Gasteiger partial charge >= 0.3 is 0 Å². The highest BCUT2D eigenvalue weighted by Gasteiger charge is 2.10. The van der Waals surface area contributed by atoms with Crippen LogP contribution in [-0.2, 0) is 0 Å². The third kappa shape index (κ3) is 5.11. The van der Waals surface area contributed by atoms with E-state index in [1.54, 1.807) is 12.4 Å². The Morgan fingerprint density at radius 1 is 1.16 bits per heavy atom. The summed E-state index contributed by atoms with van der Waals surface area (Å²) in [7, 11) is 0. The summed E-state index contributed by atoms with van der Waals surface area (Å²) >= 11 is 0. The quantitative estimate of drug-likeness (QED) is 0.792. The van der Waals surface area contributed by atoms with Gasteiger partial charge in [0, 0.05) is 50.7 Å². The van der Waals surface area contributed by atoms with Gasteiger partial charge in [0.25, 0.3) is 5.91 Å². The molecule has 1 amide bonds. The van der Waals surface area contributed by atoms with Crippen molar-refractivity contribution in [3.05, 3.63) is 53.9 Å². The molecule has 3 rings (SSSR count). The highest BCUT2D eigenvalue weighted by molar-refractivity contribution is 5.95. The summed E-state index contributed by atoms with van der Waals surface area (Å²) in [5.74, 6) is -0.0539. The second kappa shape index (κ2) is 8.74. The molecule has 132 valence electrons. The molecule has 1 aliphatic heterocycles. The van der Waals surface area contributed by atoms with Crippen molar-refractivity contribution in [1.82, 2.24) is 20.5 Å². The van der Waals surface area contributed by atoms with E-state index in [1.165, 1.54) is 5.56 Å². The fraction of sp³-hybridized carbons (Fsp3) is 0.400. The lowest BCUT2D eigenvalue weighted by Gasteiger charge is -2.27. The largest absolute Gasteiger partial charge is 0.352 e. The van der Waals surface area contributed by atoms with Crippen LogP contribution in [-0.4, -0.2) is 55.1 Å². The maximum atomic E-state index is 12.4. The fourth-order valence-electron chi connectivity index (χ4n) is 3.01. The molecule has 1 aromatic heterocycles. The minimum Gasteiger partial charge on any atom is -0.352 e. The zero-order chi connectivity index (χ0) is 17.5. The number of hydrogen-bond acceptors (Lipinski definition) is 4. The van der Waals surface area contributed by atoms with E-state index in [9.17, 15) is 4.79 Å². The Balaban J connectivity index is 1.51. The molecule has 1 aromatic carbocycles. The average Bonchev–Trinajstić information content (AvgIpc) is 2.66. The smallest absolute Gasteiger partial charge is 0.252 e. The van der Waals surface area contributed by atoms with Crippen LogP contribution in [0.5, 0.6) is 0 Å². The predicted molar refractivity (Wildman–Crippen MR) is 101 cm³/mol. The van der Waals surface area contributed by atoms with E-state index < -0.39 is 0 Å². The third-order valence-electron chi connectivity index (χ3n) is 4.53. The summed E-state index contributed by atoms with van der Waals surface area (Å²) in [6, 6.07) is 10.2. The van der Waals surface area contributed by atoms with E-state index in [-0.39, 0.29) is 5.91 Å². The van der Waals surface area contributed by atoms with E-state index in [0.29, 0.717) is 12.1 Å². The summed E-state index contributed by atoms with van der Waals surface area (Å²) in [5.41, 5.74) is 3.87. The predicted octanol–water partition coefficient (Wildman–Crippen LogP) is 2.08. The van der Waals surface area contributed by atoms with Gasteiger partial charge in [0.05, 0.1) is 5.56 Å². The number of nitrogens with zero attached hydrogens (tertiary/aromatic N) is 2. The third-order valence-corrected chi connectivity index (χ3v) is 4.53. The first-order chi connectivity index (χ1) is 12.2. The van der Waals surface area contributed by atoms with Gasteiger partial charge in [-0.25, -0.2) is 0 Å². The number of aryl methyl sites for hydroxylation is 1. The van der Waals surface area contributed by atoms with Crippen LogP contribution in [0.3, 0.4) is 0 Å². The number of hydrogen-bond donors (Lipinski definition) is 2. The zero-order valence-electron chi connectivity index (χ0n) is 14.8. The number of carbonyl (C=O) groups is 1. The number of amides is 1. The molecule has 2 N–H and O–H groups in total. The Hall–Kier alpha value is -2.24. The van der Waals surface area contributed by atoms with E-state index in [4.69, 9.17) is 0 Å². The lowest BCUT2D eigenvalue weighted by Crippen LogP contribution is -2.44. The van der Waals surface area contributed by atoms with Gasteiger partial charge in [-0.15, -0.1) is 0 Å². The molecule has 0 saturated carbocycles. The second-order valence-corrected chi connectivity index (χ2v) is 6.53. The molecular formula is C20H26N4O. The van der Waals surface area contributed by atoms with Crippen molar-refractivity contribution in [3.63, 3.8) is 0 Å². The van der Waals surface area contributed by atoms with Crippen molar-refractivity contribution in [1.29, 1.82) is 0 Å². The number of piperazine rings is 1. The van der Waals surface area contributed by atoms with Gasteiger partial charge in [0.2, 0.25) is 0 Å². The van der Waals surface area contributed by atoms with E-state index in [1.807, 2.05) is 6.07 Å². The molecule has 0 aliphatic carbocycles. The fourth-order valence-corrected chi connectivity index (χ4v) is 3.01. The molecule has 1 fully saturated rings. The van der Waals surface area contributed by atoms with Gasteiger partial charge < -0.3 is 15.5 Å². The lowest BCUT2D eigenvalue weighted by molar-refractivity contribution is 0.0951. The average molecular weight is 338 g/mol. The topological polar surface area (TPSA) is 57.3 Å². The Bertz CT molecular complexity index is 693. The van der Waals surface area contributed by atoms with Gasteiger partial charge in [-0.2, -0.15) is 0 Å². The highest BCUT2D eigenvalue weighted by Crippen LogP contribution is 2.19. The number of rotatable bonds is 6. The molecule has 2 aromatic rings. The van der Waals surface area contributed by atoms with Gasteiger partial charge in [-0.3, -0.25) is 9.78 Å². The van der Waals surface area contributed by atoms with Gasteiger partial charge in [-0.05, 0) is 31.5 Å². The first-order valence-electron chi connectivity index (χ1n) is 8.96. The van der Waals surface area contributed by atoms with Crippen molar-refractivity contribution in [3.8, 4) is 11.1 Å². The standard InChI is InChI=1S/C20H26N4O/c1-16-3-5-17(6-4-16)18-13-19(15-22-14-18)20(25)23-7-2-10-24-11-8-21-9-12-24/h3-6,13-15,21H,2,7-12H2,1H3,(H,23,25). The van der Waals surface area contributed by atoms with Crippen LogP contribution in [0, 0.1) is 6.92 Å². The molecule has 5 heteroatoms. The van der Waals surface area contributed by atoms with E-state index in [0.717, 1.165) is 50.3 Å². The normalized spacial score (nSPS) is 15.1. The van der Waals surface area contributed by atoms with Crippen molar-refractivity contribution < 1.29 is 4.79 Å². The molecule has 2 heterocycles. The van der Waals surface area contributed by atoms with Crippen LogP contribution in [0.4, 0.5) is 0 Å². The summed E-state index contributed by atoms with van der Waals surface area (Å²) in [4.78, 5) is 19.0. The highest BCUT2D eigenvalue weighted by atomic mass is 16.1. The van der Waals surface area contributed by atoms with Crippen molar-refractivity contribution in [2.45, 2.75) is 13.3 Å². The number of carbonyl (C=O) groups excluding carboxylic acids is 1. The van der Waals surface area contributed by atoms with Crippen LogP contribution < -0.4 is 10.6 Å². The minimum absolute atomic E-state index is 0.0539. The first kappa shape index (κ1) is 17.6. The minimum atomic E-state index is -0.0539. The first-order valence-corrected chi connectivity index (χ1v) is 8.96. The number of pyridine rings is 1. The molecule has 1 aliphatic rings. The number of aromatic nitrogens is 1. The molecule has 0 unspecified atom stereocenters. The van der Waals surface area contributed by atoms with Gasteiger partial charge in [0.15, 0.2) is 0 Å². The van der Waals surface area contributed by atoms with Gasteiger partial charge in [0.1, 0.15) is 0 Å². The van der Waals surface area contributed by atoms with Crippen LogP contribution in [0.25, 0.3) is 11.1 Å². The van der Waals surface area contributed by atoms with Crippen LogP contribution in [0.15, 0.2) is 42.7 Å². The second-order valence-electron chi connectivity index (χ2n) is 6.53. The molecule has 0 atom stereocenters. The molecule has 0 radical (unpaired) electrons. The number of benzene rings is 1. The zero-order valence-corrected chi connectivity index (χ0v) is 14.8. The van der Waals surface area contributed by atoms with Crippen molar-refractivity contribution in [2.24, 2.45) is 0 Å². The molecule has 5 nitrogen and oxygen atoms in total. The van der Waals surface area contributed by atoms with Gasteiger partial charge in [-0.1, -0.05) is 29.8 Å². The summed E-state index contributed by atoms with van der Waals surface area (Å²) in [6.07, 6.45) is 4.39. The maximum Gasteiger partial charge on any atom is 0.252 e. The monoisotopic (exact) mass is 338 g/mol. The molecule has 25 heavy (non-hydrogen) atoms. The molecule has 0 bridgehead atoms. The number of nitrogens with one attached hydrogen (secondary N) is 2. The van der Waals surface area contributed by atoms with Crippen LogP contribution in [0.1, 0.15) is 22.3 Å². The van der Waals surface area contributed by atoms with Crippen molar-refractivity contribution >= 4 is 5.91 Å². The Morgan fingerprint density at radius 2 is 1.92 bits per heavy atom. The maximum absolute atomic E-state index is 12.4. The SMILES string of the molecule is Cc1ccc(-c2cncc(C(=O)NCCCN3CCNCC3)c2)cc1. The lowest BCUT2D eigenvalue weighted by atomic mass is 10.0. The Kier molecular flexibility index (Phi) is 6.14.